The molecule has 0 amide bonds. The molecule has 0 bridgehead atoms. The first-order valence-corrected chi connectivity index (χ1v) is 7.80. The van der Waals surface area contributed by atoms with Crippen LogP contribution in [0.2, 0.25) is 0 Å². The topological polar surface area (TPSA) is 55.8 Å². The standard InChI is InChI=1S/C17H22O4/c18-16(19)17(9-4-1-5-10-17)14-6-2-3-7-15(14)21-13-8-11-20-12-13/h2-3,6-7,13H,1,4-5,8-12H2,(H,18,19). The Bertz CT molecular complexity index is 499. The van der Waals surface area contributed by atoms with Crippen LogP contribution in [0.25, 0.3) is 0 Å². The van der Waals surface area contributed by atoms with Crippen LogP contribution in [0, 0.1) is 0 Å². The van der Waals surface area contributed by atoms with Crippen LogP contribution < -0.4 is 4.74 Å². The molecule has 1 saturated heterocycles. The van der Waals surface area contributed by atoms with Crippen LogP contribution in [0.15, 0.2) is 24.3 Å². The van der Waals surface area contributed by atoms with Gasteiger partial charge in [0.05, 0.1) is 18.6 Å². The van der Waals surface area contributed by atoms with E-state index in [4.69, 9.17) is 9.47 Å². The molecule has 1 saturated carbocycles. The van der Waals surface area contributed by atoms with E-state index >= 15 is 0 Å². The van der Waals surface area contributed by atoms with Crippen molar-refractivity contribution >= 4 is 5.97 Å². The summed E-state index contributed by atoms with van der Waals surface area (Å²) in [6.07, 6.45) is 5.36. The number of para-hydroxylation sites is 1. The number of hydrogen-bond acceptors (Lipinski definition) is 3. The van der Waals surface area contributed by atoms with Gasteiger partial charge in [0.1, 0.15) is 11.9 Å². The summed E-state index contributed by atoms with van der Waals surface area (Å²) in [5.74, 6) is -0.00165. The van der Waals surface area contributed by atoms with Crippen LogP contribution >= 0.6 is 0 Å². The van der Waals surface area contributed by atoms with Crippen LogP contribution in [-0.2, 0) is 14.9 Å². The predicted octanol–water partition coefficient (Wildman–Crippen LogP) is 3.14. The Hall–Kier alpha value is -1.55. The van der Waals surface area contributed by atoms with Gasteiger partial charge in [-0.2, -0.15) is 0 Å². The largest absolute Gasteiger partial charge is 0.488 e. The Morgan fingerprint density at radius 1 is 1.24 bits per heavy atom. The Balaban J connectivity index is 1.93. The summed E-state index contributed by atoms with van der Waals surface area (Å²) in [4.78, 5) is 12.0. The minimum atomic E-state index is -0.783. The van der Waals surface area contributed by atoms with Crippen LogP contribution in [0.1, 0.15) is 44.1 Å². The van der Waals surface area contributed by atoms with Crippen LogP contribution in [0.4, 0.5) is 0 Å². The molecular weight excluding hydrogens is 268 g/mol. The second-order valence-electron chi connectivity index (χ2n) is 6.05. The van der Waals surface area contributed by atoms with E-state index < -0.39 is 11.4 Å². The summed E-state index contributed by atoms with van der Waals surface area (Å²) >= 11 is 0. The van der Waals surface area contributed by atoms with Gasteiger partial charge >= 0.3 is 5.97 Å². The van der Waals surface area contributed by atoms with Gasteiger partial charge in [-0.15, -0.1) is 0 Å². The van der Waals surface area contributed by atoms with Crippen molar-refractivity contribution in [2.24, 2.45) is 0 Å². The summed E-state index contributed by atoms with van der Waals surface area (Å²) in [6, 6.07) is 7.64. The molecule has 1 atom stereocenters. The van der Waals surface area contributed by atoms with Crippen LogP contribution in [0.5, 0.6) is 5.75 Å². The van der Waals surface area contributed by atoms with Gasteiger partial charge in [0, 0.05) is 12.0 Å². The summed E-state index contributed by atoms with van der Waals surface area (Å²) in [5, 5.41) is 9.85. The van der Waals surface area contributed by atoms with Crippen molar-refractivity contribution in [3.8, 4) is 5.75 Å². The number of benzene rings is 1. The van der Waals surface area contributed by atoms with Crippen molar-refractivity contribution in [2.45, 2.75) is 50.0 Å². The molecule has 0 radical (unpaired) electrons. The molecular formula is C17H22O4. The number of rotatable bonds is 4. The predicted molar refractivity (Wildman–Crippen MR) is 78.7 cm³/mol. The lowest BCUT2D eigenvalue weighted by Gasteiger charge is -2.35. The highest BCUT2D eigenvalue weighted by molar-refractivity contribution is 5.82. The normalized spacial score (nSPS) is 24.7. The van der Waals surface area contributed by atoms with E-state index in [0.29, 0.717) is 19.4 Å². The van der Waals surface area contributed by atoms with Gasteiger partial charge in [0.15, 0.2) is 0 Å². The van der Waals surface area contributed by atoms with Crippen LogP contribution in [-0.4, -0.2) is 30.4 Å². The minimum Gasteiger partial charge on any atom is -0.488 e. The molecule has 114 valence electrons. The molecule has 4 nitrogen and oxygen atoms in total. The third kappa shape index (κ3) is 2.77. The minimum absolute atomic E-state index is 0.0422. The quantitative estimate of drug-likeness (QED) is 0.925. The molecule has 1 aliphatic carbocycles. The molecule has 0 spiro atoms. The SMILES string of the molecule is O=C(O)C1(c2ccccc2OC2CCOC2)CCCCC1. The molecule has 2 fully saturated rings. The van der Waals surface area contributed by atoms with Gasteiger partial charge in [0.25, 0.3) is 0 Å². The molecule has 1 aliphatic heterocycles. The van der Waals surface area contributed by atoms with Gasteiger partial charge in [-0.3, -0.25) is 4.79 Å². The maximum Gasteiger partial charge on any atom is 0.314 e. The molecule has 1 unspecified atom stereocenters. The molecule has 21 heavy (non-hydrogen) atoms. The number of aliphatic carboxylic acids is 1. The van der Waals surface area contributed by atoms with Crippen molar-refractivity contribution in [2.75, 3.05) is 13.2 Å². The van der Waals surface area contributed by atoms with E-state index in [2.05, 4.69) is 0 Å². The molecule has 1 N–H and O–H groups in total. The third-order valence-electron chi connectivity index (χ3n) is 4.70. The summed E-state index contributed by atoms with van der Waals surface area (Å²) in [5.41, 5.74) is 0.0537. The summed E-state index contributed by atoms with van der Waals surface area (Å²) in [7, 11) is 0. The van der Waals surface area contributed by atoms with Crippen LogP contribution in [0.3, 0.4) is 0 Å². The Kier molecular flexibility index (Phi) is 4.15. The first-order valence-electron chi connectivity index (χ1n) is 7.80. The van der Waals surface area contributed by atoms with Crippen molar-refractivity contribution in [3.63, 3.8) is 0 Å². The average molecular weight is 290 g/mol. The molecule has 2 aliphatic rings. The number of carboxylic acids is 1. The fourth-order valence-electron chi connectivity index (χ4n) is 3.50. The van der Waals surface area contributed by atoms with Crippen molar-refractivity contribution < 1.29 is 19.4 Å². The van der Waals surface area contributed by atoms with Crippen molar-refractivity contribution in [1.82, 2.24) is 0 Å². The second-order valence-corrected chi connectivity index (χ2v) is 6.05. The van der Waals surface area contributed by atoms with E-state index in [1.54, 1.807) is 0 Å². The highest BCUT2D eigenvalue weighted by atomic mass is 16.5. The van der Waals surface area contributed by atoms with Crippen molar-refractivity contribution in [1.29, 1.82) is 0 Å². The van der Waals surface area contributed by atoms with Gasteiger partial charge in [0.2, 0.25) is 0 Å². The average Bonchev–Trinajstić information content (AvgIpc) is 3.01. The van der Waals surface area contributed by atoms with Gasteiger partial charge < -0.3 is 14.6 Å². The molecule has 0 aromatic heterocycles. The maximum absolute atomic E-state index is 12.0. The highest BCUT2D eigenvalue weighted by Crippen LogP contribution is 2.43. The maximum atomic E-state index is 12.0. The lowest BCUT2D eigenvalue weighted by atomic mass is 9.69. The zero-order valence-corrected chi connectivity index (χ0v) is 12.2. The zero-order chi connectivity index (χ0) is 14.7. The highest BCUT2D eigenvalue weighted by Gasteiger charge is 2.43. The number of hydrogen-bond donors (Lipinski definition) is 1. The monoisotopic (exact) mass is 290 g/mol. The second kappa shape index (κ2) is 6.06. The molecule has 1 heterocycles. The lowest BCUT2D eigenvalue weighted by molar-refractivity contribution is -0.145. The van der Waals surface area contributed by atoms with E-state index in [0.717, 1.165) is 43.6 Å². The Labute approximate surface area is 125 Å². The first-order chi connectivity index (χ1) is 10.2. The smallest absolute Gasteiger partial charge is 0.314 e. The van der Waals surface area contributed by atoms with E-state index in [1.807, 2.05) is 24.3 Å². The van der Waals surface area contributed by atoms with E-state index in [1.165, 1.54) is 0 Å². The lowest BCUT2D eigenvalue weighted by Crippen LogP contribution is -2.38. The van der Waals surface area contributed by atoms with Crippen molar-refractivity contribution in [3.05, 3.63) is 29.8 Å². The number of carbonyl (C=O) groups is 1. The summed E-state index contributed by atoms with van der Waals surface area (Å²) in [6.45, 7) is 1.31. The Morgan fingerprint density at radius 2 is 2.00 bits per heavy atom. The molecule has 1 aromatic rings. The zero-order valence-electron chi connectivity index (χ0n) is 12.2. The van der Waals surface area contributed by atoms with Gasteiger partial charge in [-0.05, 0) is 18.9 Å². The van der Waals surface area contributed by atoms with E-state index in [9.17, 15) is 9.90 Å². The fourth-order valence-corrected chi connectivity index (χ4v) is 3.50. The molecule has 4 heteroatoms. The third-order valence-corrected chi connectivity index (χ3v) is 4.70. The molecule has 1 aromatic carbocycles. The fraction of sp³-hybridized carbons (Fsp3) is 0.588. The van der Waals surface area contributed by atoms with Gasteiger partial charge in [-0.1, -0.05) is 37.5 Å². The summed E-state index contributed by atoms with van der Waals surface area (Å²) < 4.78 is 11.4. The molecule has 3 rings (SSSR count). The Morgan fingerprint density at radius 3 is 2.67 bits per heavy atom. The van der Waals surface area contributed by atoms with E-state index in [-0.39, 0.29) is 6.10 Å². The number of carboxylic acid groups (broad SMARTS) is 1. The van der Waals surface area contributed by atoms with Gasteiger partial charge in [-0.25, -0.2) is 0 Å². The number of ether oxygens (including phenoxy) is 2. The first kappa shape index (κ1) is 14.4.